The van der Waals surface area contributed by atoms with Crippen molar-refractivity contribution in [1.82, 2.24) is 9.80 Å². The molecule has 1 saturated heterocycles. The maximum absolute atomic E-state index is 13.1. The van der Waals surface area contributed by atoms with Crippen LogP contribution in [-0.4, -0.2) is 59.2 Å². The molecule has 6 nitrogen and oxygen atoms in total. The van der Waals surface area contributed by atoms with Crippen molar-refractivity contribution < 1.29 is 19.1 Å². The lowest BCUT2D eigenvalue weighted by Gasteiger charge is -2.39. The van der Waals surface area contributed by atoms with Gasteiger partial charge in [0.2, 0.25) is 5.91 Å². The van der Waals surface area contributed by atoms with Gasteiger partial charge in [-0.25, -0.2) is 0 Å². The largest absolute Gasteiger partial charge is 0.486 e. The molecule has 0 spiro atoms. The molecule has 6 heteroatoms. The van der Waals surface area contributed by atoms with Crippen LogP contribution in [0.2, 0.25) is 0 Å². The van der Waals surface area contributed by atoms with E-state index in [4.69, 9.17) is 4.74 Å². The molecule has 0 radical (unpaired) electrons. The molecule has 1 saturated carbocycles. The minimum absolute atomic E-state index is 0.0159. The van der Waals surface area contributed by atoms with Gasteiger partial charge >= 0.3 is 0 Å². The summed E-state index contributed by atoms with van der Waals surface area (Å²) in [7, 11) is 0. The normalized spacial score (nSPS) is 18.6. The number of ether oxygens (including phenoxy) is 1. The molecule has 2 aliphatic heterocycles. The van der Waals surface area contributed by atoms with E-state index in [1.165, 1.54) is 0 Å². The van der Waals surface area contributed by atoms with Crippen molar-refractivity contribution in [1.29, 1.82) is 0 Å². The molecule has 2 heterocycles. The summed E-state index contributed by atoms with van der Waals surface area (Å²) < 4.78 is 5.44. The third-order valence-electron chi connectivity index (χ3n) is 6.66. The Morgan fingerprint density at radius 3 is 2.41 bits per heavy atom. The van der Waals surface area contributed by atoms with Crippen molar-refractivity contribution >= 4 is 17.6 Å². The number of rotatable bonds is 5. The lowest BCUT2D eigenvalue weighted by molar-refractivity contribution is -0.134. The predicted octanol–water partition coefficient (Wildman–Crippen LogP) is 3.03. The third kappa shape index (κ3) is 4.40. The Labute approximate surface area is 188 Å². The van der Waals surface area contributed by atoms with Gasteiger partial charge in [0.25, 0.3) is 5.91 Å². The first-order valence-electron chi connectivity index (χ1n) is 11.5. The Bertz CT molecular complexity index is 1020. The van der Waals surface area contributed by atoms with Crippen LogP contribution >= 0.6 is 0 Å². The maximum atomic E-state index is 13.1. The van der Waals surface area contributed by atoms with Gasteiger partial charge in [-0.1, -0.05) is 30.3 Å². The summed E-state index contributed by atoms with van der Waals surface area (Å²) in [5.74, 6) is 0.904. The number of fused-ring (bicyclic) bond motifs is 1. The standard InChI is InChI=1S/C26H28N2O4/c29-23-16-20-15-19(6-9-24(20)32-17-23)26(31)27-12-10-22(11-13-27)28(21-7-8-21)25(30)14-18-4-2-1-3-5-18/h1-6,9,15,21-22H,7-8,10-14,16-17H2. The molecule has 1 aliphatic carbocycles. The molecule has 32 heavy (non-hydrogen) atoms. The summed E-state index contributed by atoms with van der Waals surface area (Å²) in [4.78, 5) is 41.8. The molecule has 0 N–H and O–H groups in total. The van der Waals surface area contributed by atoms with Gasteiger partial charge in [0.1, 0.15) is 12.4 Å². The SMILES string of the molecule is O=C1COc2ccc(C(=O)N3CCC(N(C(=O)Cc4ccccc4)C4CC4)CC3)cc2C1. The van der Waals surface area contributed by atoms with Crippen LogP contribution in [0.25, 0.3) is 0 Å². The maximum Gasteiger partial charge on any atom is 0.253 e. The fourth-order valence-electron chi connectivity index (χ4n) is 4.86. The highest BCUT2D eigenvalue weighted by molar-refractivity contribution is 5.95. The van der Waals surface area contributed by atoms with E-state index in [9.17, 15) is 14.4 Å². The number of ketones is 1. The van der Waals surface area contributed by atoms with Crippen molar-refractivity contribution in [3.05, 3.63) is 65.2 Å². The number of hydrogen-bond donors (Lipinski definition) is 0. The topological polar surface area (TPSA) is 66.9 Å². The quantitative estimate of drug-likeness (QED) is 0.729. The van der Waals surface area contributed by atoms with E-state index in [0.29, 0.717) is 43.3 Å². The van der Waals surface area contributed by atoms with Gasteiger partial charge in [0, 0.05) is 42.7 Å². The lowest BCUT2D eigenvalue weighted by Crippen LogP contribution is -2.50. The Hall–Kier alpha value is -3.15. The van der Waals surface area contributed by atoms with Gasteiger partial charge in [-0.3, -0.25) is 14.4 Å². The first kappa shape index (κ1) is 20.7. The molecule has 0 aromatic heterocycles. The second-order valence-corrected chi connectivity index (χ2v) is 9.04. The van der Waals surface area contributed by atoms with Gasteiger partial charge in [-0.15, -0.1) is 0 Å². The van der Waals surface area contributed by atoms with Crippen LogP contribution in [0.1, 0.15) is 47.2 Å². The van der Waals surface area contributed by atoms with E-state index < -0.39 is 0 Å². The number of carbonyl (C=O) groups excluding carboxylic acids is 3. The summed E-state index contributed by atoms with van der Waals surface area (Å²) in [6.45, 7) is 1.38. The van der Waals surface area contributed by atoms with Gasteiger partial charge in [-0.2, -0.15) is 0 Å². The summed E-state index contributed by atoms with van der Waals surface area (Å²) >= 11 is 0. The number of amides is 2. The Morgan fingerprint density at radius 2 is 1.69 bits per heavy atom. The molecule has 2 fully saturated rings. The Balaban J connectivity index is 1.22. The minimum atomic E-state index is -0.0159. The monoisotopic (exact) mass is 432 g/mol. The number of piperidine rings is 1. The zero-order valence-corrected chi connectivity index (χ0v) is 18.2. The van der Waals surface area contributed by atoms with E-state index in [2.05, 4.69) is 4.90 Å². The van der Waals surface area contributed by atoms with Crippen molar-refractivity contribution in [2.75, 3.05) is 19.7 Å². The lowest BCUT2D eigenvalue weighted by atomic mass is 9.99. The van der Waals surface area contributed by atoms with E-state index in [0.717, 1.165) is 36.8 Å². The van der Waals surface area contributed by atoms with Gasteiger partial charge in [0.05, 0.1) is 6.42 Å². The first-order valence-corrected chi connectivity index (χ1v) is 11.5. The smallest absolute Gasteiger partial charge is 0.253 e. The number of Topliss-reactive ketones (excluding diaryl/α,β-unsaturated/α-hetero) is 1. The van der Waals surface area contributed by atoms with Crippen molar-refractivity contribution in [2.24, 2.45) is 0 Å². The molecule has 2 aromatic rings. The van der Waals surface area contributed by atoms with Crippen LogP contribution in [0.15, 0.2) is 48.5 Å². The second-order valence-electron chi connectivity index (χ2n) is 9.04. The average molecular weight is 433 g/mol. The Morgan fingerprint density at radius 1 is 0.969 bits per heavy atom. The fourth-order valence-corrected chi connectivity index (χ4v) is 4.86. The molecule has 166 valence electrons. The summed E-state index contributed by atoms with van der Waals surface area (Å²) in [5.41, 5.74) is 2.43. The third-order valence-corrected chi connectivity index (χ3v) is 6.66. The zero-order chi connectivity index (χ0) is 22.1. The van der Waals surface area contributed by atoms with Gasteiger partial charge in [-0.05, 0) is 49.4 Å². The van der Waals surface area contributed by atoms with E-state index in [1.54, 1.807) is 18.2 Å². The van der Waals surface area contributed by atoms with E-state index in [-0.39, 0.29) is 30.2 Å². The molecule has 2 aromatic carbocycles. The predicted molar refractivity (Wildman–Crippen MR) is 120 cm³/mol. The summed E-state index contributed by atoms with van der Waals surface area (Å²) in [6.07, 6.45) is 4.51. The van der Waals surface area contributed by atoms with Crippen LogP contribution < -0.4 is 4.74 Å². The van der Waals surface area contributed by atoms with Crippen LogP contribution in [0.4, 0.5) is 0 Å². The molecular weight excluding hydrogens is 404 g/mol. The number of carbonyl (C=O) groups is 3. The first-order chi connectivity index (χ1) is 15.6. The van der Waals surface area contributed by atoms with Crippen LogP contribution in [0.5, 0.6) is 5.75 Å². The molecule has 0 atom stereocenters. The molecular formula is C26H28N2O4. The van der Waals surface area contributed by atoms with Gasteiger partial charge < -0.3 is 14.5 Å². The molecule has 3 aliphatic rings. The number of likely N-dealkylation sites (tertiary alicyclic amines) is 1. The highest BCUT2D eigenvalue weighted by Gasteiger charge is 2.39. The summed E-state index contributed by atoms with van der Waals surface area (Å²) in [6, 6.07) is 15.8. The number of hydrogen-bond acceptors (Lipinski definition) is 4. The van der Waals surface area contributed by atoms with Crippen LogP contribution in [-0.2, 0) is 22.4 Å². The Kier molecular flexibility index (Phi) is 5.68. The van der Waals surface area contributed by atoms with Gasteiger partial charge in [0.15, 0.2) is 5.78 Å². The summed E-state index contributed by atoms with van der Waals surface area (Å²) in [5, 5.41) is 0. The van der Waals surface area contributed by atoms with E-state index in [1.807, 2.05) is 35.2 Å². The minimum Gasteiger partial charge on any atom is -0.486 e. The van der Waals surface area contributed by atoms with Crippen molar-refractivity contribution in [3.8, 4) is 5.75 Å². The highest BCUT2D eigenvalue weighted by Crippen LogP contribution is 2.33. The second kappa shape index (κ2) is 8.77. The van der Waals surface area contributed by atoms with Crippen LogP contribution in [0, 0.1) is 0 Å². The number of benzene rings is 2. The number of nitrogens with zero attached hydrogens (tertiary/aromatic N) is 2. The van der Waals surface area contributed by atoms with Crippen molar-refractivity contribution in [2.45, 2.75) is 50.6 Å². The molecule has 5 rings (SSSR count). The zero-order valence-electron chi connectivity index (χ0n) is 18.2. The highest BCUT2D eigenvalue weighted by atomic mass is 16.5. The molecule has 2 amide bonds. The van der Waals surface area contributed by atoms with Crippen molar-refractivity contribution in [3.63, 3.8) is 0 Å². The average Bonchev–Trinajstić information content (AvgIpc) is 3.64. The molecule has 0 unspecified atom stereocenters. The fraction of sp³-hybridized carbons (Fsp3) is 0.423. The van der Waals surface area contributed by atoms with Crippen LogP contribution in [0.3, 0.4) is 0 Å². The van der Waals surface area contributed by atoms with E-state index >= 15 is 0 Å². The molecule has 0 bridgehead atoms.